The first-order valence-corrected chi connectivity index (χ1v) is 7.25. The SMILES string of the molecule is CC(N)C1CCN(c2cc(=O)[nH]c(C3CC3)n2)CC1. The van der Waals surface area contributed by atoms with Crippen molar-refractivity contribution in [2.24, 2.45) is 11.7 Å². The third-order valence-electron chi connectivity index (χ3n) is 4.32. The maximum absolute atomic E-state index is 11.7. The van der Waals surface area contributed by atoms with Crippen molar-refractivity contribution in [2.45, 2.75) is 44.6 Å². The van der Waals surface area contributed by atoms with E-state index in [1.165, 1.54) is 0 Å². The molecule has 1 saturated heterocycles. The van der Waals surface area contributed by atoms with Gasteiger partial charge in [-0.3, -0.25) is 4.79 Å². The quantitative estimate of drug-likeness (QED) is 0.858. The highest BCUT2D eigenvalue weighted by molar-refractivity contribution is 5.38. The van der Waals surface area contributed by atoms with Gasteiger partial charge in [-0.2, -0.15) is 0 Å². The summed E-state index contributed by atoms with van der Waals surface area (Å²) >= 11 is 0. The van der Waals surface area contributed by atoms with Crippen molar-refractivity contribution in [1.29, 1.82) is 0 Å². The fourth-order valence-electron chi connectivity index (χ4n) is 2.83. The van der Waals surface area contributed by atoms with Gasteiger partial charge < -0.3 is 15.6 Å². The summed E-state index contributed by atoms with van der Waals surface area (Å²) in [4.78, 5) is 21.4. The molecule has 0 aromatic carbocycles. The van der Waals surface area contributed by atoms with Crippen LogP contribution in [0, 0.1) is 5.92 Å². The van der Waals surface area contributed by atoms with Crippen LogP contribution in [-0.2, 0) is 0 Å². The summed E-state index contributed by atoms with van der Waals surface area (Å²) in [7, 11) is 0. The lowest BCUT2D eigenvalue weighted by atomic mass is 9.91. The van der Waals surface area contributed by atoms with Crippen molar-refractivity contribution in [3.05, 3.63) is 22.2 Å². The number of piperidine rings is 1. The van der Waals surface area contributed by atoms with Gasteiger partial charge in [0.15, 0.2) is 0 Å². The van der Waals surface area contributed by atoms with Crippen molar-refractivity contribution in [3.8, 4) is 0 Å². The Hall–Kier alpha value is -1.36. The van der Waals surface area contributed by atoms with E-state index >= 15 is 0 Å². The van der Waals surface area contributed by atoms with Gasteiger partial charge in [0.2, 0.25) is 0 Å². The standard InChI is InChI=1S/C14H22N4O/c1-9(15)10-4-6-18(7-5-10)12-8-13(19)17-14(16-12)11-2-3-11/h8-11H,2-7,15H2,1H3,(H,16,17,19). The maximum Gasteiger partial charge on any atom is 0.252 e. The van der Waals surface area contributed by atoms with Crippen molar-refractivity contribution in [1.82, 2.24) is 9.97 Å². The van der Waals surface area contributed by atoms with E-state index in [9.17, 15) is 4.79 Å². The lowest BCUT2D eigenvalue weighted by molar-refractivity contribution is 0.353. The molecule has 1 saturated carbocycles. The first kappa shape index (κ1) is 12.7. The molecule has 3 N–H and O–H groups in total. The monoisotopic (exact) mass is 262 g/mol. The number of H-pyrrole nitrogens is 1. The number of aromatic nitrogens is 2. The molecule has 2 heterocycles. The van der Waals surface area contributed by atoms with Gasteiger partial charge in [-0.15, -0.1) is 0 Å². The van der Waals surface area contributed by atoms with Crippen LogP contribution in [0.2, 0.25) is 0 Å². The molecule has 5 nitrogen and oxygen atoms in total. The van der Waals surface area contributed by atoms with Crippen LogP contribution in [0.1, 0.15) is 44.3 Å². The third kappa shape index (κ3) is 2.81. The first-order valence-electron chi connectivity index (χ1n) is 7.25. The van der Waals surface area contributed by atoms with Crippen LogP contribution in [0.4, 0.5) is 5.82 Å². The Morgan fingerprint density at radius 3 is 2.63 bits per heavy atom. The molecule has 2 aliphatic rings. The summed E-state index contributed by atoms with van der Waals surface area (Å²) < 4.78 is 0. The average molecular weight is 262 g/mol. The van der Waals surface area contributed by atoms with E-state index in [1.807, 2.05) is 0 Å². The van der Waals surface area contributed by atoms with Gasteiger partial charge in [0.05, 0.1) is 0 Å². The Balaban J connectivity index is 1.74. The highest BCUT2D eigenvalue weighted by Crippen LogP contribution is 2.38. The Bertz CT molecular complexity index is 498. The van der Waals surface area contributed by atoms with Crippen molar-refractivity contribution >= 4 is 5.82 Å². The number of nitrogens with one attached hydrogen (secondary N) is 1. The molecule has 1 aliphatic carbocycles. The summed E-state index contributed by atoms with van der Waals surface area (Å²) in [5.74, 6) is 2.79. The zero-order chi connectivity index (χ0) is 13.4. The fourth-order valence-corrected chi connectivity index (χ4v) is 2.83. The van der Waals surface area contributed by atoms with E-state index in [0.717, 1.165) is 50.4 Å². The summed E-state index contributed by atoms with van der Waals surface area (Å²) in [6.45, 7) is 3.98. The highest BCUT2D eigenvalue weighted by Gasteiger charge is 2.28. The Labute approximate surface area is 113 Å². The topological polar surface area (TPSA) is 75.0 Å². The molecule has 1 aromatic heterocycles. The Kier molecular flexibility index (Phi) is 3.31. The molecular formula is C14H22N4O. The van der Waals surface area contributed by atoms with Crippen LogP contribution in [0.25, 0.3) is 0 Å². The van der Waals surface area contributed by atoms with Gasteiger partial charge in [-0.1, -0.05) is 0 Å². The van der Waals surface area contributed by atoms with Gasteiger partial charge in [0, 0.05) is 31.1 Å². The molecular weight excluding hydrogens is 240 g/mol. The Morgan fingerprint density at radius 1 is 1.37 bits per heavy atom. The zero-order valence-corrected chi connectivity index (χ0v) is 11.4. The van der Waals surface area contributed by atoms with Gasteiger partial charge in [-0.05, 0) is 38.5 Å². The van der Waals surface area contributed by atoms with E-state index in [-0.39, 0.29) is 11.6 Å². The molecule has 0 amide bonds. The number of anilines is 1. The molecule has 1 aromatic rings. The smallest absolute Gasteiger partial charge is 0.252 e. The molecule has 3 rings (SSSR count). The number of nitrogens with zero attached hydrogens (tertiary/aromatic N) is 2. The van der Waals surface area contributed by atoms with Crippen LogP contribution in [0.3, 0.4) is 0 Å². The minimum Gasteiger partial charge on any atom is -0.356 e. The average Bonchev–Trinajstić information content (AvgIpc) is 3.22. The van der Waals surface area contributed by atoms with Crippen LogP contribution in [-0.4, -0.2) is 29.1 Å². The lowest BCUT2D eigenvalue weighted by Gasteiger charge is -2.34. The fraction of sp³-hybridized carbons (Fsp3) is 0.714. The first-order chi connectivity index (χ1) is 9.13. The Morgan fingerprint density at radius 2 is 2.05 bits per heavy atom. The van der Waals surface area contributed by atoms with Crippen molar-refractivity contribution in [2.75, 3.05) is 18.0 Å². The second-order valence-electron chi connectivity index (χ2n) is 5.95. The molecule has 1 atom stereocenters. The minimum absolute atomic E-state index is 0.0267. The van der Waals surface area contributed by atoms with Crippen molar-refractivity contribution < 1.29 is 0 Å². The number of nitrogens with two attached hydrogens (primary N) is 1. The predicted molar refractivity (Wildman–Crippen MR) is 75.4 cm³/mol. The summed E-state index contributed by atoms with van der Waals surface area (Å²) in [5.41, 5.74) is 5.93. The van der Waals surface area contributed by atoms with Gasteiger partial charge in [0.1, 0.15) is 11.6 Å². The predicted octanol–water partition coefficient (Wildman–Crippen LogP) is 1.21. The van der Waals surface area contributed by atoms with E-state index < -0.39 is 0 Å². The number of aromatic amines is 1. The molecule has 1 aliphatic heterocycles. The number of hydrogen-bond donors (Lipinski definition) is 2. The molecule has 0 radical (unpaired) electrons. The maximum atomic E-state index is 11.7. The molecule has 2 fully saturated rings. The zero-order valence-electron chi connectivity index (χ0n) is 11.4. The molecule has 5 heteroatoms. The van der Waals surface area contributed by atoms with Crippen LogP contribution in [0.15, 0.2) is 10.9 Å². The molecule has 0 bridgehead atoms. The summed E-state index contributed by atoms with van der Waals surface area (Å²) in [5, 5.41) is 0. The van der Waals surface area contributed by atoms with E-state index in [4.69, 9.17) is 5.73 Å². The van der Waals surface area contributed by atoms with Crippen LogP contribution < -0.4 is 16.2 Å². The molecule has 19 heavy (non-hydrogen) atoms. The number of rotatable bonds is 3. The van der Waals surface area contributed by atoms with E-state index in [0.29, 0.717) is 11.8 Å². The largest absolute Gasteiger partial charge is 0.356 e. The van der Waals surface area contributed by atoms with Crippen LogP contribution in [0.5, 0.6) is 0 Å². The molecule has 1 unspecified atom stereocenters. The van der Waals surface area contributed by atoms with Gasteiger partial charge in [0.25, 0.3) is 5.56 Å². The second-order valence-corrected chi connectivity index (χ2v) is 5.95. The summed E-state index contributed by atoms with van der Waals surface area (Å²) in [6, 6.07) is 1.88. The van der Waals surface area contributed by atoms with Crippen LogP contribution >= 0.6 is 0 Å². The summed E-state index contributed by atoms with van der Waals surface area (Å²) in [6.07, 6.45) is 4.48. The van der Waals surface area contributed by atoms with E-state index in [1.54, 1.807) is 6.07 Å². The molecule has 104 valence electrons. The molecule has 0 spiro atoms. The van der Waals surface area contributed by atoms with Gasteiger partial charge >= 0.3 is 0 Å². The second kappa shape index (κ2) is 4.96. The minimum atomic E-state index is -0.0267. The third-order valence-corrected chi connectivity index (χ3v) is 4.32. The highest BCUT2D eigenvalue weighted by atomic mass is 16.1. The lowest BCUT2D eigenvalue weighted by Crippen LogP contribution is -2.40. The number of hydrogen-bond acceptors (Lipinski definition) is 4. The van der Waals surface area contributed by atoms with E-state index in [2.05, 4.69) is 21.8 Å². The van der Waals surface area contributed by atoms with Crippen molar-refractivity contribution in [3.63, 3.8) is 0 Å². The van der Waals surface area contributed by atoms with Gasteiger partial charge in [-0.25, -0.2) is 4.98 Å². The normalized spacial score (nSPS) is 22.5.